The maximum absolute atomic E-state index is 12.3. The van der Waals surface area contributed by atoms with Crippen LogP contribution in [-0.2, 0) is 16.1 Å². The van der Waals surface area contributed by atoms with Crippen LogP contribution in [-0.4, -0.2) is 45.9 Å². The van der Waals surface area contributed by atoms with E-state index < -0.39 is 5.60 Å². The summed E-state index contributed by atoms with van der Waals surface area (Å²) in [6.07, 6.45) is 2.33. The first-order chi connectivity index (χ1) is 12.8. The number of ether oxygens (including phenoxy) is 1. The van der Waals surface area contributed by atoms with Crippen molar-refractivity contribution in [1.82, 2.24) is 20.5 Å². The molecule has 3 heterocycles. The highest BCUT2D eigenvalue weighted by atomic mass is 32.2. The van der Waals surface area contributed by atoms with Crippen molar-refractivity contribution in [2.24, 2.45) is 5.92 Å². The van der Waals surface area contributed by atoms with Gasteiger partial charge in [-0.3, -0.25) is 9.78 Å². The molecule has 0 aromatic carbocycles. The number of nitrogens with one attached hydrogen (secondary N) is 2. The van der Waals surface area contributed by atoms with E-state index in [2.05, 4.69) is 15.6 Å². The van der Waals surface area contributed by atoms with Crippen LogP contribution in [0, 0.1) is 5.92 Å². The van der Waals surface area contributed by atoms with Gasteiger partial charge in [0.15, 0.2) is 0 Å². The van der Waals surface area contributed by atoms with Gasteiger partial charge in [0.2, 0.25) is 0 Å². The normalized spacial score (nSPS) is 22.2. The Balaban J connectivity index is 1.45. The van der Waals surface area contributed by atoms with E-state index in [9.17, 15) is 9.59 Å². The van der Waals surface area contributed by atoms with Crippen molar-refractivity contribution < 1.29 is 14.3 Å². The Morgan fingerprint density at radius 2 is 2.22 bits per heavy atom. The van der Waals surface area contributed by atoms with Gasteiger partial charge >= 0.3 is 6.09 Å². The Morgan fingerprint density at radius 1 is 1.41 bits per heavy atom. The summed E-state index contributed by atoms with van der Waals surface area (Å²) in [5.74, 6) is 0.137. The highest BCUT2D eigenvalue weighted by molar-refractivity contribution is 8.03. The Kier molecular flexibility index (Phi) is 5.94. The number of thioether (sulfide) groups is 1. The largest absolute Gasteiger partial charge is 0.444 e. The van der Waals surface area contributed by atoms with Gasteiger partial charge in [0.25, 0.3) is 5.91 Å². The molecule has 146 valence electrons. The summed E-state index contributed by atoms with van der Waals surface area (Å²) in [4.78, 5) is 30.5. The Labute approximate surface area is 163 Å². The molecule has 0 spiro atoms. The molecule has 2 aliphatic rings. The molecule has 0 radical (unpaired) electrons. The number of aromatic nitrogens is 1. The van der Waals surface area contributed by atoms with Gasteiger partial charge < -0.3 is 20.3 Å². The van der Waals surface area contributed by atoms with Gasteiger partial charge in [0, 0.05) is 30.6 Å². The van der Waals surface area contributed by atoms with Crippen LogP contribution in [0.15, 0.2) is 35.5 Å². The van der Waals surface area contributed by atoms with Crippen molar-refractivity contribution in [2.45, 2.75) is 44.7 Å². The lowest BCUT2D eigenvalue weighted by atomic mass is 10.1. The number of hydrogen-bond acceptors (Lipinski definition) is 6. The molecule has 2 atom stereocenters. The zero-order valence-corrected chi connectivity index (χ0v) is 16.7. The summed E-state index contributed by atoms with van der Waals surface area (Å²) in [6.45, 7) is 7.31. The summed E-state index contributed by atoms with van der Waals surface area (Å²) in [5.41, 5.74) is 0.893. The minimum atomic E-state index is -0.490. The van der Waals surface area contributed by atoms with Crippen LogP contribution >= 0.6 is 11.8 Å². The Hall–Kier alpha value is -2.22. The molecule has 0 saturated carbocycles. The summed E-state index contributed by atoms with van der Waals surface area (Å²) >= 11 is 1.60. The molecule has 3 rings (SSSR count). The van der Waals surface area contributed by atoms with Gasteiger partial charge in [0.05, 0.1) is 17.6 Å². The molecular weight excluding hydrogens is 364 g/mol. The van der Waals surface area contributed by atoms with Crippen molar-refractivity contribution in [3.05, 3.63) is 41.2 Å². The maximum atomic E-state index is 12.3. The minimum absolute atomic E-state index is 0.0908. The summed E-state index contributed by atoms with van der Waals surface area (Å²) < 4.78 is 5.44. The van der Waals surface area contributed by atoms with E-state index in [1.807, 2.05) is 44.4 Å². The van der Waals surface area contributed by atoms with Gasteiger partial charge in [-0.25, -0.2) is 4.79 Å². The number of nitrogens with zero attached hydrogens (tertiary/aromatic N) is 2. The van der Waals surface area contributed by atoms with E-state index >= 15 is 0 Å². The van der Waals surface area contributed by atoms with Crippen LogP contribution in [0.25, 0.3) is 0 Å². The predicted molar refractivity (Wildman–Crippen MR) is 105 cm³/mol. The zero-order chi connectivity index (χ0) is 19.4. The molecule has 1 fully saturated rings. The van der Waals surface area contributed by atoms with E-state index in [-0.39, 0.29) is 23.3 Å². The molecule has 2 unspecified atom stereocenters. The van der Waals surface area contributed by atoms with Crippen LogP contribution < -0.4 is 10.6 Å². The number of likely N-dealkylation sites (tertiary alicyclic amines) is 1. The van der Waals surface area contributed by atoms with Crippen LogP contribution in [0.4, 0.5) is 4.79 Å². The van der Waals surface area contributed by atoms with Crippen molar-refractivity contribution in [3.8, 4) is 0 Å². The zero-order valence-electron chi connectivity index (χ0n) is 15.9. The predicted octanol–water partition coefficient (Wildman–Crippen LogP) is 2.46. The summed E-state index contributed by atoms with van der Waals surface area (Å²) in [6, 6.07) is 5.61. The van der Waals surface area contributed by atoms with Crippen LogP contribution in [0.5, 0.6) is 0 Å². The first-order valence-corrected chi connectivity index (χ1v) is 10.0. The van der Waals surface area contributed by atoms with Crippen LogP contribution in [0.2, 0.25) is 0 Å². The maximum Gasteiger partial charge on any atom is 0.410 e. The number of carbonyl (C=O) groups excluding carboxylic acids is 2. The summed E-state index contributed by atoms with van der Waals surface area (Å²) in [7, 11) is 0. The molecule has 0 aliphatic carbocycles. The van der Waals surface area contributed by atoms with Gasteiger partial charge in [-0.2, -0.15) is 0 Å². The summed E-state index contributed by atoms with van der Waals surface area (Å²) in [5, 5.41) is 8.11. The topological polar surface area (TPSA) is 83.6 Å². The van der Waals surface area contributed by atoms with Crippen molar-refractivity contribution in [3.63, 3.8) is 0 Å². The van der Waals surface area contributed by atoms with Crippen molar-refractivity contribution in [1.29, 1.82) is 0 Å². The first-order valence-electron chi connectivity index (χ1n) is 9.10. The molecule has 1 aromatic heterocycles. The fourth-order valence-corrected chi connectivity index (χ4v) is 4.10. The van der Waals surface area contributed by atoms with Crippen LogP contribution in [0.3, 0.4) is 0 Å². The first kappa shape index (κ1) is 19.5. The molecule has 8 heteroatoms. The SMILES string of the molecule is CC(C)(C)OC(=O)N1CCC(C2NC(C(=O)NCc3ccccn3)=CS2)C1. The molecule has 2 N–H and O–H groups in total. The Bertz CT molecular complexity index is 717. The minimum Gasteiger partial charge on any atom is -0.444 e. The number of pyridine rings is 1. The fraction of sp³-hybridized carbons (Fsp3) is 0.526. The highest BCUT2D eigenvalue weighted by Crippen LogP contribution is 2.32. The van der Waals surface area contributed by atoms with Gasteiger partial charge in [0.1, 0.15) is 11.3 Å². The second kappa shape index (κ2) is 8.21. The molecule has 7 nitrogen and oxygen atoms in total. The van der Waals surface area contributed by atoms with Gasteiger partial charge in [-0.05, 0) is 39.3 Å². The van der Waals surface area contributed by atoms with E-state index in [1.54, 1.807) is 22.9 Å². The fourth-order valence-electron chi connectivity index (χ4n) is 3.01. The van der Waals surface area contributed by atoms with Gasteiger partial charge in [-0.15, -0.1) is 11.8 Å². The number of amides is 2. The average Bonchev–Trinajstić information content (AvgIpc) is 3.28. The smallest absolute Gasteiger partial charge is 0.410 e. The van der Waals surface area contributed by atoms with E-state index in [0.29, 0.717) is 25.3 Å². The lowest BCUT2D eigenvalue weighted by molar-refractivity contribution is -0.118. The third kappa shape index (κ3) is 5.38. The molecule has 0 bridgehead atoms. The lowest BCUT2D eigenvalue weighted by Gasteiger charge is -2.25. The van der Waals surface area contributed by atoms with Gasteiger partial charge in [-0.1, -0.05) is 6.07 Å². The van der Waals surface area contributed by atoms with Crippen molar-refractivity contribution >= 4 is 23.8 Å². The monoisotopic (exact) mass is 390 g/mol. The molecule has 1 saturated heterocycles. The van der Waals surface area contributed by atoms with E-state index in [0.717, 1.165) is 12.1 Å². The highest BCUT2D eigenvalue weighted by Gasteiger charge is 2.36. The molecule has 2 amide bonds. The molecule has 2 aliphatic heterocycles. The van der Waals surface area contributed by atoms with Crippen molar-refractivity contribution in [2.75, 3.05) is 13.1 Å². The second-order valence-corrected chi connectivity index (χ2v) is 8.73. The number of rotatable bonds is 4. The third-order valence-corrected chi connectivity index (χ3v) is 5.50. The quantitative estimate of drug-likeness (QED) is 0.822. The number of hydrogen-bond donors (Lipinski definition) is 2. The molecule has 1 aromatic rings. The lowest BCUT2D eigenvalue weighted by Crippen LogP contribution is -2.38. The number of carbonyl (C=O) groups is 2. The molecule has 27 heavy (non-hydrogen) atoms. The second-order valence-electron chi connectivity index (χ2n) is 7.71. The van der Waals surface area contributed by atoms with Crippen LogP contribution in [0.1, 0.15) is 32.9 Å². The van der Waals surface area contributed by atoms with E-state index in [1.165, 1.54) is 0 Å². The molecular formula is C19H26N4O3S. The average molecular weight is 391 g/mol. The van der Waals surface area contributed by atoms with E-state index in [4.69, 9.17) is 4.74 Å². The third-order valence-electron chi connectivity index (χ3n) is 4.34. The Morgan fingerprint density at radius 3 is 2.93 bits per heavy atom. The standard InChI is InChI=1S/C19H26N4O3S/c1-19(2,3)26-18(25)23-9-7-13(11-23)17-22-15(12-27-17)16(24)21-10-14-6-4-5-8-20-14/h4-6,8,12-13,17,22H,7,9-11H2,1-3H3,(H,21,24).